The van der Waals surface area contributed by atoms with E-state index < -0.39 is 11.6 Å². The molecule has 0 unspecified atom stereocenters. The lowest BCUT2D eigenvalue weighted by Crippen LogP contribution is -2.47. The molecule has 1 N–H and O–H groups in total. The molecule has 3 rings (SSSR count). The van der Waals surface area contributed by atoms with Crippen LogP contribution < -0.4 is 10.1 Å². The highest BCUT2D eigenvalue weighted by Crippen LogP contribution is 2.33. The van der Waals surface area contributed by atoms with Gasteiger partial charge in [-0.15, -0.1) is 0 Å². The van der Waals surface area contributed by atoms with Crippen LogP contribution in [0.4, 0.5) is 4.79 Å². The third kappa shape index (κ3) is 2.93. The number of benzene rings is 1. The van der Waals surface area contributed by atoms with E-state index in [4.69, 9.17) is 4.74 Å². The molecule has 122 valence electrons. The number of nitrogens with zero attached hydrogens (tertiary/aromatic N) is 1. The fraction of sp³-hybridized carbons (Fsp3) is 0.438. The number of urea groups is 1. The maximum Gasteiger partial charge on any atom is 0.325 e. The Morgan fingerprint density at radius 3 is 2.70 bits per heavy atom. The Labute approximate surface area is 138 Å². The van der Waals surface area contributed by atoms with Gasteiger partial charge >= 0.3 is 6.03 Å². The molecule has 0 saturated carbocycles. The van der Waals surface area contributed by atoms with E-state index >= 15 is 0 Å². The minimum absolute atomic E-state index is 0.231. The number of ketones is 1. The van der Waals surface area contributed by atoms with Crippen LogP contribution in [-0.4, -0.2) is 52.8 Å². The first kappa shape index (κ1) is 15.9. The molecule has 6 nitrogen and oxygen atoms in total. The van der Waals surface area contributed by atoms with Gasteiger partial charge in [-0.05, 0) is 43.4 Å². The van der Waals surface area contributed by atoms with Crippen molar-refractivity contribution in [3.05, 3.63) is 29.8 Å². The molecule has 23 heavy (non-hydrogen) atoms. The second-order valence-electron chi connectivity index (χ2n) is 5.59. The zero-order valence-corrected chi connectivity index (χ0v) is 13.6. The molecule has 0 radical (unpaired) electrons. The van der Waals surface area contributed by atoms with Gasteiger partial charge in [0.1, 0.15) is 11.3 Å². The molecule has 2 aliphatic rings. The van der Waals surface area contributed by atoms with Crippen LogP contribution >= 0.6 is 11.8 Å². The van der Waals surface area contributed by atoms with E-state index in [0.717, 1.165) is 10.7 Å². The van der Waals surface area contributed by atoms with Crippen LogP contribution in [0.15, 0.2) is 24.3 Å². The van der Waals surface area contributed by atoms with Crippen LogP contribution in [0.5, 0.6) is 5.75 Å². The van der Waals surface area contributed by atoms with Gasteiger partial charge in [0.2, 0.25) is 0 Å². The maximum atomic E-state index is 12.5. The van der Waals surface area contributed by atoms with E-state index in [-0.39, 0.29) is 18.2 Å². The van der Waals surface area contributed by atoms with Gasteiger partial charge in [0, 0.05) is 11.3 Å². The first-order valence-corrected chi connectivity index (χ1v) is 8.69. The first-order valence-electron chi connectivity index (χ1n) is 7.54. The van der Waals surface area contributed by atoms with Crippen LogP contribution in [-0.2, 0) is 4.79 Å². The Balaban J connectivity index is 1.70. The fourth-order valence-electron chi connectivity index (χ4n) is 2.79. The zero-order chi connectivity index (χ0) is 16.4. The number of nitrogens with one attached hydrogen (secondary N) is 1. The quantitative estimate of drug-likeness (QED) is 0.655. The number of ether oxygens (including phenoxy) is 1. The highest BCUT2D eigenvalue weighted by atomic mass is 32.2. The van der Waals surface area contributed by atoms with E-state index in [1.165, 1.54) is 0 Å². The second kappa shape index (κ2) is 6.23. The number of Topliss-reactive ketones (excluding diaryl/α,β-unsaturated/α-hetero) is 1. The molecule has 0 aliphatic carbocycles. The maximum absolute atomic E-state index is 12.5. The zero-order valence-electron chi connectivity index (χ0n) is 12.8. The van der Waals surface area contributed by atoms with Crippen molar-refractivity contribution in [1.29, 1.82) is 0 Å². The van der Waals surface area contributed by atoms with E-state index in [9.17, 15) is 14.4 Å². The van der Waals surface area contributed by atoms with Gasteiger partial charge in [-0.2, -0.15) is 11.8 Å². The Hall–Kier alpha value is -2.02. The lowest BCUT2D eigenvalue weighted by atomic mass is 9.99. The van der Waals surface area contributed by atoms with Crippen molar-refractivity contribution in [2.45, 2.75) is 18.9 Å². The standard InChI is InChI=1S/C16H18N2O4S/c1-2-22-12-5-3-11(4-6-12)13(19)9-18-14(20)16(17-15(18)21)7-8-23-10-16/h3-6H,2,7-10H2,1H3,(H,17,21)/t16-/m1/s1. The molecule has 2 heterocycles. The highest BCUT2D eigenvalue weighted by molar-refractivity contribution is 7.99. The van der Waals surface area contributed by atoms with Crippen LogP contribution in [0.25, 0.3) is 0 Å². The summed E-state index contributed by atoms with van der Waals surface area (Å²) in [6, 6.07) is 6.23. The minimum Gasteiger partial charge on any atom is -0.494 e. The summed E-state index contributed by atoms with van der Waals surface area (Å²) in [7, 11) is 0. The van der Waals surface area contributed by atoms with Crippen molar-refractivity contribution in [2.75, 3.05) is 24.7 Å². The predicted molar refractivity (Wildman–Crippen MR) is 86.9 cm³/mol. The van der Waals surface area contributed by atoms with Crippen molar-refractivity contribution in [3.63, 3.8) is 0 Å². The van der Waals surface area contributed by atoms with E-state index in [0.29, 0.717) is 30.1 Å². The monoisotopic (exact) mass is 334 g/mol. The highest BCUT2D eigenvalue weighted by Gasteiger charge is 2.53. The van der Waals surface area contributed by atoms with Crippen molar-refractivity contribution >= 4 is 29.5 Å². The smallest absolute Gasteiger partial charge is 0.325 e. The Kier molecular flexibility index (Phi) is 4.30. The normalized spacial score (nSPS) is 23.4. The number of carbonyl (C=O) groups is 3. The number of rotatable bonds is 5. The minimum atomic E-state index is -0.805. The van der Waals surface area contributed by atoms with Gasteiger partial charge in [0.05, 0.1) is 13.2 Å². The van der Waals surface area contributed by atoms with Gasteiger partial charge in [0.15, 0.2) is 5.78 Å². The van der Waals surface area contributed by atoms with Gasteiger partial charge in [-0.3, -0.25) is 14.5 Å². The van der Waals surface area contributed by atoms with E-state index in [1.54, 1.807) is 36.0 Å². The summed E-state index contributed by atoms with van der Waals surface area (Å²) < 4.78 is 5.33. The average molecular weight is 334 g/mol. The third-order valence-electron chi connectivity index (χ3n) is 4.06. The van der Waals surface area contributed by atoms with Crippen LogP contribution in [0.1, 0.15) is 23.7 Å². The van der Waals surface area contributed by atoms with E-state index in [2.05, 4.69) is 5.32 Å². The van der Waals surface area contributed by atoms with Gasteiger partial charge in [-0.1, -0.05) is 0 Å². The summed E-state index contributed by atoms with van der Waals surface area (Å²) >= 11 is 1.64. The largest absolute Gasteiger partial charge is 0.494 e. The Morgan fingerprint density at radius 1 is 1.35 bits per heavy atom. The summed E-state index contributed by atoms with van der Waals surface area (Å²) in [5, 5.41) is 2.76. The molecule has 3 amide bonds. The molecule has 2 aliphatic heterocycles. The van der Waals surface area contributed by atoms with Crippen molar-refractivity contribution in [3.8, 4) is 5.75 Å². The van der Waals surface area contributed by atoms with Crippen molar-refractivity contribution in [2.24, 2.45) is 0 Å². The number of imide groups is 1. The molecule has 1 aromatic carbocycles. The number of thioether (sulfide) groups is 1. The fourth-order valence-corrected chi connectivity index (χ4v) is 4.12. The third-order valence-corrected chi connectivity index (χ3v) is 5.25. The lowest BCUT2D eigenvalue weighted by Gasteiger charge is -2.18. The summed E-state index contributed by atoms with van der Waals surface area (Å²) in [4.78, 5) is 37.9. The van der Waals surface area contributed by atoms with E-state index in [1.807, 2.05) is 6.92 Å². The molecule has 2 saturated heterocycles. The van der Waals surface area contributed by atoms with Crippen LogP contribution in [0, 0.1) is 0 Å². The second-order valence-corrected chi connectivity index (χ2v) is 6.69. The van der Waals surface area contributed by atoms with Crippen molar-refractivity contribution < 1.29 is 19.1 Å². The molecular formula is C16H18N2O4S. The molecular weight excluding hydrogens is 316 g/mol. The molecule has 2 fully saturated rings. The summed E-state index contributed by atoms with van der Waals surface area (Å²) in [6.07, 6.45) is 0.621. The molecule has 0 aromatic heterocycles. The first-order chi connectivity index (χ1) is 11.1. The van der Waals surface area contributed by atoms with Gasteiger partial charge in [-0.25, -0.2) is 4.79 Å². The number of hydrogen-bond donors (Lipinski definition) is 1. The topological polar surface area (TPSA) is 75.7 Å². The van der Waals surface area contributed by atoms with Crippen LogP contribution in [0.2, 0.25) is 0 Å². The summed E-state index contributed by atoms with van der Waals surface area (Å²) in [6.45, 7) is 2.20. The molecule has 1 spiro atoms. The Bertz CT molecular complexity index is 638. The molecule has 0 bridgehead atoms. The summed E-state index contributed by atoms with van der Waals surface area (Å²) in [5.74, 6) is 1.55. The van der Waals surface area contributed by atoms with Crippen molar-refractivity contribution in [1.82, 2.24) is 10.2 Å². The Morgan fingerprint density at radius 2 is 2.09 bits per heavy atom. The number of hydrogen-bond acceptors (Lipinski definition) is 5. The number of amides is 3. The predicted octanol–water partition coefficient (Wildman–Crippen LogP) is 1.70. The molecule has 7 heteroatoms. The summed E-state index contributed by atoms with van der Waals surface area (Å²) in [5.41, 5.74) is -0.350. The number of carbonyl (C=O) groups excluding carboxylic acids is 3. The van der Waals surface area contributed by atoms with Crippen LogP contribution in [0.3, 0.4) is 0 Å². The average Bonchev–Trinajstić information content (AvgIpc) is 3.10. The van der Waals surface area contributed by atoms with Gasteiger partial charge in [0.25, 0.3) is 5.91 Å². The molecule has 1 aromatic rings. The lowest BCUT2D eigenvalue weighted by molar-refractivity contribution is -0.130. The van der Waals surface area contributed by atoms with Gasteiger partial charge < -0.3 is 10.1 Å². The molecule has 1 atom stereocenters. The SMILES string of the molecule is CCOc1ccc(C(=O)CN2C(=O)N[C@@]3(CCSC3)C2=O)cc1.